The standard InChI is InChI=1S/C32H56N4O10/c1-29(2,3)43-23(37)19-21(35-27(41)45-31(7,8)9)25(39)33-17-15-13-14-16-18-34-26(40)22(20-24(38)44-30(4,5)6)36-28(42)46-32(10,11)12/h13-14,21-22H,15-20H2,1-12H3,(H,33,39)(H,34,40)(H,35,41)(H,36,42)/t21-,22-/m0/s1. The van der Waals surface area contributed by atoms with Crippen LogP contribution in [-0.2, 0) is 38.1 Å². The Labute approximate surface area is 273 Å². The molecule has 0 aliphatic carbocycles. The summed E-state index contributed by atoms with van der Waals surface area (Å²) in [7, 11) is 0. The van der Waals surface area contributed by atoms with Gasteiger partial charge in [-0.15, -0.1) is 0 Å². The van der Waals surface area contributed by atoms with Crippen molar-refractivity contribution in [2.24, 2.45) is 0 Å². The van der Waals surface area contributed by atoms with Gasteiger partial charge in [-0.3, -0.25) is 19.2 Å². The molecule has 0 saturated heterocycles. The molecule has 0 aromatic carbocycles. The molecule has 0 bridgehead atoms. The highest BCUT2D eigenvalue weighted by molar-refractivity contribution is 5.90. The van der Waals surface area contributed by atoms with Crippen LogP contribution in [0.15, 0.2) is 12.2 Å². The summed E-state index contributed by atoms with van der Waals surface area (Å²) in [4.78, 5) is 74.8. The molecular formula is C32H56N4O10. The predicted octanol–water partition coefficient (Wildman–Crippen LogP) is 3.81. The average Bonchev–Trinajstić information content (AvgIpc) is 2.79. The van der Waals surface area contributed by atoms with E-state index in [2.05, 4.69) is 21.3 Å². The lowest BCUT2D eigenvalue weighted by atomic mass is 10.1. The van der Waals surface area contributed by atoms with Gasteiger partial charge < -0.3 is 40.2 Å². The SMILES string of the molecule is CC(C)(C)OC(=O)C[C@H](NC(=O)OC(C)(C)C)C(=O)NCCC=CCCNC(=O)[C@H](CC(=O)OC(C)(C)C)NC(=O)OC(C)(C)C. The smallest absolute Gasteiger partial charge is 0.408 e. The zero-order valence-corrected chi connectivity index (χ0v) is 29.6. The van der Waals surface area contributed by atoms with Gasteiger partial charge in [0.15, 0.2) is 0 Å². The van der Waals surface area contributed by atoms with Gasteiger partial charge in [-0.1, -0.05) is 12.2 Å². The van der Waals surface area contributed by atoms with Crippen molar-refractivity contribution in [3.8, 4) is 0 Å². The van der Waals surface area contributed by atoms with E-state index in [9.17, 15) is 28.8 Å². The Morgan fingerprint density at radius 2 is 0.783 bits per heavy atom. The summed E-state index contributed by atoms with van der Waals surface area (Å²) in [6.07, 6.45) is 1.98. The number of hydrogen-bond donors (Lipinski definition) is 4. The molecule has 0 saturated carbocycles. The number of alkyl carbamates (subject to hydrolysis) is 2. The van der Waals surface area contributed by atoms with Gasteiger partial charge in [0.1, 0.15) is 34.5 Å². The predicted molar refractivity (Wildman–Crippen MR) is 172 cm³/mol. The van der Waals surface area contributed by atoms with Gasteiger partial charge in [-0.25, -0.2) is 9.59 Å². The molecule has 0 aromatic rings. The van der Waals surface area contributed by atoms with E-state index in [1.807, 2.05) is 0 Å². The number of carbonyl (C=O) groups excluding carboxylic acids is 6. The van der Waals surface area contributed by atoms with Crippen molar-refractivity contribution in [3.05, 3.63) is 12.2 Å². The summed E-state index contributed by atoms with van der Waals surface area (Å²) in [5.41, 5.74) is -3.12. The number of hydrogen-bond acceptors (Lipinski definition) is 10. The summed E-state index contributed by atoms with van der Waals surface area (Å²) in [6.45, 7) is 20.7. The van der Waals surface area contributed by atoms with E-state index in [-0.39, 0.29) is 25.9 Å². The van der Waals surface area contributed by atoms with Crippen molar-refractivity contribution < 1.29 is 47.7 Å². The van der Waals surface area contributed by atoms with Crippen molar-refractivity contribution >= 4 is 35.9 Å². The maximum absolute atomic E-state index is 12.8. The maximum Gasteiger partial charge on any atom is 0.408 e. The Balaban J connectivity index is 4.98. The Morgan fingerprint density at radius 1 is 0.500 bits per heavy atom. The molecule has 14 nitrogen and oxygen atoms in total. The molecule has 4 N–H and O–H groups in total. The zero-order chi connectivity index (χ0) is 35.9. The molecule has 0 aromatic heterocycles. The normalized spacial score (nSPS) is 13.6. The molecule has 0 unspecified atom stereocenters. The summed E-state index contributed by atoms with van der Waals surface area (Å²) in [5.74, 6) is -2.46. The number of ether oxygens (including phenoxy) is 4. The highest BCUT2D eigenvalue weighted by Gasteiger charge is 2.30. The Bertz CT molecular complexity index is 932. The lowest BCUT2D eigenvalue weighted by Gasteiger charge is -2.24. The summed E-state index contributed by atoms with van der Waals surface area (Å²) in [5, 5.41) is 10.2. The molecule has 0 aliphatic heterocycles. The van der Waals surface area contributed by atoms with Crippen molar-refractivity contribution in [1.82, 2.24) is 21.3 Å². The molecule has 0 rings (SSSR count). The van der Waals surface area contributed by atoms with Crippen molar-refractivity contribution in [1.29, 1.82) is 0 Å². The van der Waals surface area contributed by atoms with Crippen molar-refractivity contribution in [3.63, 3.8) is 0 Å². The lowest BCUT2D eigenvalue weighted by molar-refractivity contribution is -0.157. The molecular weight excluding hydrogens is 600 g/mol. The Morgan fingerprint density at radius 3 is 1.04 bits per heavy atom. The first-order valence-corrected chi connectivity index (χ1v) is 15.4. The topological polar surface area (TPSA) is 187 Å². The van der Waals surface area contributed by atoms with E-state index in [1.54, 1.807) is 95.2 Å². The Hall–Kier alpha value is -3.84. The minimum Gasteiger partial charge on any atom is -0.460 e. The van der Waals surface area contributed by atoms with Gasteiger partial charge in [0.25, 0.3) is 0 Å². The number of carbonyl (C=O) groups is 6. The minimum atomic E-state index is -1.20. The molecule has 14 heteroatoms. The van der Waals surface area contributed by atoms with Crippen molar-refractivity contribution in [2.45, 2.75) is 143 Å². The first-order valence-electron chi connectivity index (χ1n) is 15.4. The van der Waals surface area contributed by atoms with Gasteiger partial charge >= 0.3 is 24.1 Å². The van der Waals surface area contributed by atoms with Crippen LogP contribution in [0.3, 0.4) is 0 Å². The molecule has 4 amide bonds. The van der Waals surface area contributed by atoms with Crippen LogP contribution in [0, 0.1) is 0 Å². The molecule has 0 heterocycles. The third kappa shape index (κ3) is 23.5. The molecule has 264 valence electrons. The van der Waals surface area contributed by atoms with E-state index in [1.165, 1.54) is 0 Å². The van der Waals surface area contributed by atoms with Crippen LogP contribution < -0.4 is 21.3 Å². The van der Waals surface area contributed by atoms with Crippen LogP contribution >= 0.6 is 0 Å². The van der Waals surface area contributed by atoms with Gasteiger partial charge in [-0.2, -0.15) is 0 Å². The average molecular weight is 657 g/mol. The van der Waals surface area contributed by atoms with E-state index < -0.39 is 70.4 Å². The van der Waals surface area contributed by atoms with Gasteiger partial charge in [0.2, 0.25) is 11.8 Å². The third-order valence-electron chi connectivity index (χ3n) is 4.98. The first kappa shape index (κ1) is 42.2. The van der Waals surface area contributed by atoms with E-state index in [0.717, 1.165) is 0 Å². The highest BCUT2D eigenvalue weighted by atomic mass is 16.6. The number of nitrogens with one attached hydrogen (secondary N) is 4. The number of esters is 2. The fraction of sp³-hybridized carbons (Fsp3) is 0.750. The lowest BCUT2D eigenvalue weighted by Crippen LogP contribution is -2.49. The second-order valence-corrected chi connectivity index (χ2v) is 14.6. The second kappa shape index (κ2) is 18.3. The van der Waals surface area contributed by atoms with E-state index in [0.29, 0.717) is 12.8 Å². The molecule has 0 spiro atoms. The van der Waals surface area contributed by atoms with Crippen LogP contribution in [-0.4, -0.2) is 83.5 Å². The van der Waals surface area contributed by atoms with Gasteiger partial charge in [0, 0.05) is 13.1 Å². The number of rotatable bonds is 14. The Kier molecular flexibility index (Phi) is 16.8. The minimum absolute atomic E-state index is 0.209. The molecule has 0 fully saturated rings. The van der Waals surface area contributed by atoms with Crippen LogP contribution in [0.2, 0.25) is 0 Å². The summed E-state index contributed by atoms with van der Waals surface area (Å²) < 4.78 is 21.0. The highest BCUT2D eigenvalue weighted by Crippen LogP contribution is 2.13. The van der Waals surface area contributed by atoms with Gasteiger partial charge in [0.05, 0.1) is 12.8 Å². The van der Waals surface area contributed by atoms with E-state index in [4.69, 9.17) is 18.9 Å². The zero-order valence-electron chi connectivity index (χ0n) is 29.6. The van der Waals surface area contributed by atoms with Crippen LogP contribution in [0.1, 0.15) is 109 Å². The fourth-order valence-electron chi connectivity index (χ4n) is 3.46. The first-order chi connectivity index (χ1) is 20.8. The third-order valence-corrected chi connectivity index (χ3v) is 4.98. The van der Waals surface area contributed by atoms with Gasteiger partial charge in [-0.05, 0) is 95.9 Å². The molecule has 0 radical (unpaired) electrons. The maximum atomic E-state index is 12.8. The molecule has 46 heavy (non-hydrogen) atoms. The summed E-state index contributed by atoms with van der Waals surface area (Å²) in [6, 6.07) is -2.40. The summed E-state index contributed by atoms with van der Waals surface area (Å²) >= 11 is 0. The number of amides is 4. The largest absolute Gasteiger partial charge is 0.460 e. The van der Waals surface area contributed by atoms with E-state index >= 15 is 0 Å². The quantitative estimate of drug-likeness (QED) is 0.0927. The molecule has 2 atom stereocenters. The molecule has 0 aliphatic rings. The van der Waals surface area contributed by atoms with Crippen LogP contribution in [0.25, 0.3) is 0 Å². The van der Waals surface area contributed by atoms with Crippen LogP contribution in [0.4, 0.5) is 9.59 Å². The van der Waals surface area contributed by atoms with Crippen molar-refractivity contribution in [2.75, 3.05) is 13.1 Å². The monoisotopic (exact) mass is 656 g/mol. The fourth-order valence-corrected chi connectivity index (χ4v) is 3.46. The second-order valence-electron chi connectivity index (χ2n) is 14.6. The van der Waals surface area contributed by atoms with Crippen LogP contribution in [0.5, 0.6) is 0 Å².